The Morgan fingerprint density at radius 2 is 1.57 bits per heavy atom. The topological polar surface area (TPSA) is 63.0 Å². The lowest BCUT2D eigenvalue weighted by molar-refractivity contribution is -0.141. The Labute approximate surface area is 159 Å². The largest absolute Gasteiger partial charge is 0.433 e. The van der Waals surface area contributed by atoms with Crippen molar-refractivity contribution in [2.75, 3.05) is 36.0 Å². The molecule has 0 amide bonds. The molecule has 0 N–H and O–H groups in total. The molecular formula is C18H18F3N7. The summed E-state index contributed by atoms with van der Waals surface area (Å²) in [4.78, 5) is 16.3. The number of halogens is 3. The predicted molar refractivity (Wildman–Crippen MR) is 97.6 cm³/mol. The summed E-state index contributed by atoms with van der Waals surface area (Å²) in [5.74, 6) is 1.76. The van der Waals surface area contributed by atoms with E-state index in [1.54, 1.807) is 10.7 Å². The van der Waals surface area contributed by atoms with Crippen LogP contribution in [-0.2, 0) is 6.18 Å². The van der Waals surface area contributed by atoms with Crippen molar-refractivity contribution in [2.24, 2.45) is 0 Å². The van der Waals surface area contributed by atoms with Gasteiger partial charge in [0.1, 0.15) is 23.7 Å². The molecule has 0 spiro atoms. The Hall–Kier alpha value is -3.17. The van der Waals surface area contributed by atoms with Crippen LogP contribution in [-0.4, -0.2) is 50.9 Å². The van der Waals surface area contributed by atoms with Crippen molar-refractivity contribution in [3.05, 3.63) is 54.2 Å². The molecule has 0 radical (unpaired) electrons. The van der Waals surface area contributed by atoms with Gasteiger partial charge >= 0.3 is 6.18 Å². The van der Waals surface area contributed by atoms with Gasteiger partial charge < -0.3 is 9.80 Å². The highest BCUT2D eigenvalue weighted by Crippen LogP contribution is 2.29. The average molecular weight is 389 g/mol. The van der Waals surface area contributed by atoms with Crippen molar-refractivity contribution in [2.45, 2.75) is 13.1 Å². The number of hydrogen-bond acceptors (Lipinski definition) is 6. The first kappa shape index (κ1) is 18.2. The van der Waals surface area contributed by atoms with E-state index >= 15 is 0 Å². The van der Waals surface area contributed by atoms with Crippen LogP contribution < -0.4 is 9.80 Å². The number of piperazine rings is 1. The third kappa shape index (κ3) is 3.75. The van der Waals surface area contributed by atoms with Crippen LogP contribution in [0.3, 0.4) is 0 Å². The van der Waals surface area contributed by atoms with E-state index in [1.165, 1.54) is 12.4 Å². The van der Waals surface area contributed by atoms with Crippen molar-refractivity contribution in [1.82, 2.24) is 24.7 Å². The van der Waals surface area contributed by atoms with Gasteiger partial charge in [-0.05, 0) is 25.1 Å². The van der Waals surface area contributed by atoms with E-state index in [0.717, 1.165) is 17.6 Å². The van der Waals surface area contributed by atoms with E-state index in [0.29, 0.717) is 37.8 Å². The highest BCUT2D eigenvalue weighted by molar-refractivity contribution is 5.47. The van der Waals surface area contributed by atoms with Crippen molar-refractivity contribution in [3.63, 3.8) is 0 Å². The fourth-order valence-electron chi connectivity index (χ4n) is 3.10. The molecule has 7 nitrogen and oxygen atoms in total. The maximum absolute atomic E-state index is 12.9. The molecule has 1 saturated heterocycles. The quantitative estimate of drug-likeness (QED) is 0.687. The second-order valence-electron chi connectivity index (χ2n) is 6.49. The number of rotatable bonds is 3. The molecule has 0 aliphatic carbocycles. The minimum absolute atomic E-state index is 0.338. The number of anilines is 2. The Morgan fingerprint density at radius 3 is 2.21 bits per heavy atom. The van der Waals surface area contributed by atoms with Crippen molar-refractivity contribution >= 4 is 11.6 Å². The zero-order valence-electron chi connectivity index (χ0n) is 15.1. The second kappa shape index (κ2) is 7.10. The van der Waals surface area contributed by atoms with Gasteiger partial charge in [-0.25, -0.2) is 19.6 Å². The Kier molecular flexibility index (Phi) is 4.62. The normalized spacial score (nSPS) is 15.1. The minimum atomic E-state index is -4.44. The summed E-state index contributed by atoms with van der Waals surface area (Å²) in [7, 11) is 0. The molecule has 4 heterocycles. The van der Waals surface area contributed by atoms with Crippen LogP contribution in [0.5, 0.6) is 0 Å². The molecule has 0 saturated carbocycles. The number of nitrogens with zero attached hydrogens (tertiary/aromatic N) is 7. The molecule has 0 aromatic carbocycles. The standard InChI is InChI=1S/C18H18F3N7/c1-13-5-6-28(25-13)17-11-16(22-12-23-17)27-9-7-26(8-10-27)15-4-2-3-14(24-15)18(19,20)21/h2-6,11-12H,7-10H2,1H3. The van der Waals surface area contributed by atoms with E-state index in [-0.39, 0.29) is 0 Å². The molecule has 3 aromatic rings. The molecule has 28 heavy (non-hydrogen) atoms. The predicted octanol–water partition coefficient (Wildman–Crippen LogP) is 2.71. The molecule has 0 unspecified atom stereocenters. The van der Waals surface area contributed by atoms with Gasteiger partial charge in [-0.2, -0.15) is 18.3 Å². The lowest BCUT2D eigenvalue weighted by Crippen LogP contribution is -2.47. The minimum Gasteiger partial charge on any atom is -0.353 e. The van der Waals surface area contributed by atoms with Gasteiger partial charge in [0.15, 0.2) is 5.82 Å². The fourth-order valence-corrected chi connectivity index (χ4v) is 3.10. The van der Waals surface area contributed by atoms with Gasteiger partial charge in [0.05, 0.1) is 5.69 Å². The molecule has 0 atom stereocenters. The maximum atomic E-state index is 12.9. The number of pyridine rings is 1. The summed E-state index contributed by atoms with van der Waals surface area (Å²) in [6.07, 6.45) is -1.12. The molecule has 4 rings (SSSR count). The first-order chi connectivity index (χ1) is 13.4. The van der Waals surface area contributed by atoms with Gasteiger partial charge in [-0.1, -0.05) is 6.07 Å². The zero-order valence-corrected chi connectivity index (χ0v) is 15.1. The van der Waals surface area contributed by atoms with Gasteiger partial charge in [-0.15, -0.1) is 0 Å². The zero-order chi connectivity index (χ0) is 19.7. The number of alkyl halides is 3. The van der Waals surface area contributed by atoms with Gasteiger partial charge in [-0.3, -0.25) is 0 Å². The van der Waals surface area contributed by atoms with Crippen LogP contribution in [0.25, 0.3) is 5.82 Å². The van der Waals surface area contributed by atoms with E-state index < -0.39 is 11.9 Å². The third-order valence-corrected chi connectivity index (χ3v) is 4.55. The van der Waals surface area contributed by atoms with Crippen LogP contribution in [0.2, 0.25) is 0 Å². The summed E-state index contributed by atoms with van der Waals surface area (Å²) in [5.41, 5.74) is 0.0183. The first-order valence-corrected chi connectivity index (χ1v) is 8.79. The Morgan fingerprint density at radius 1 is 0.893 bits per heavy atom. The number of aromatic nitrogens is 5. The molecule has 1 fully saturated rings. The summed E-state index contributed by atoms with van der Waals surface area (Å²) >= 11 is 0. The second-order valence-corrected chi connectivity index (χ2v) is 6.49. The average Bonchev–Trinajstić information content (AvgIpc) is 3.14. The lowest BCUT2D eigenvalue weighted by atomic mass is 10.2. The number of hydrogen-bond donors (Lipinski definition) is 0. The molecule has 0 bridgehead atoms. The summed E-state index contributed by atoms with van der Waals surface area (Å²) in [6.45, 7) is 4.24. The van der Waals surface area contributed by atoms with Crippen molar-refractivity contribution in [3.8, 4) is 5.82 Å². The van der Waals surface area contributed by atoms with Crippen LogP contribution in [0, 0.1) is 6.92 Å². The van der Waals surface area contributed by atoms with Crippen molar-refractivity contribution < 1.29 is 13.2 Å². The van der Waals surface area contributed by atoms with E-state index in [4.69, 9.17) is 0 Å². The van der Waals surface area contributed by atoms with E-state index in [9.17, 15) is 13.2 Å². The molecule has 3 aromatic heterocycles. The van der Waals surface area contributed by atoms with E-state index in [1.807, 2.05) is 30.2 Å². The third-order valence-electron chi connectivity index (χ3n) is 4.55. The Bertz CT molecular complexity index is 962. The number of aryl methyl sites for hydroxylation is 1. The first-order valence-electron chi connectivity index (χ1n) is 8.79. The van der Waals surface area contributed by atoms with E-state index in [2.05, 4.69) is 25.0 Å². The monoisotopic (exact) mass is 389 g/mol. The van der Waals surface area contributed by atoms with Crippen LogP contribution >= 0.6 is 0 Å². The highest BCUT2D eigenvalue weighted by Gasteiger charge is 2.33. The lowest BCUT2D eigenvalue weighted by Gasteiger charge is -2.36. The Balaban J connectivity index is 1.46. The van der Waals surface area contributed by atoms with Crippen LogP contribution in [0.1, 0.15) is 11.4 Å². The van der Waals surface area contributed by atoms with Gasteiger partial charge in [0.2, 0.25) is 0 Å². The van der Waals surface area contributed by atoms with Crippen LogP contribution in [0.4, 0.5) is 24.8 Å². The summed E-state index contributed by atoms with van der Waals surface area (Å²) in [6, 6.07) is 7.72. The van der Waals surface area contributed by atoms with Crippen molar-refractivity contribution in [1.29, 1.82) is 0 Å². The molecule has 1 aliphatic heterocycles. The smallest absolute Gasteiger partial charge is 0.353 e. The molecule has 10 heteroatoms. The maximum Gasteiger partial charge on any atom is 0.433 e. The van der Waals surface area contributed by atoms with Crippen LogP contribution in [0.15, 0.2) is 42.9 Å². The molecule has 1 aliphatic rings. The van der Waals surface area contributed by atoms with Gasteiger partial charge in [0, 0.05) is 38.4 Å². The SMILES string of the molecule is Cc1ccn(-c2cc(N3CCN(c4cccc(C(F)(F)F)n4)CC3)ncn2)n1. The van der Waals surface area contributed by atoms with Gasteiger partial charge in [0.25, 0.3) is 0 Å². The summed E-state index contributed by atoms with van der Waals surface area (Å²) < 4.78 is 40.3. The molecule has 146 valence electrons. The summed E-state index contributed by atoms with van der Waals surface area (Å²) in [5, 5.41) is 4.35. The molecular weight excluding hydrogens is 371 g/mol. The fraction of sp³-hybridized carbons (Fsp3) is 0.333. The highest BCUT2D eigenvalue weighted by atomic mass is 19.4.